The van der Waals surface area contributed by atoms with Crippen LogP contribution in [-0.2, 0) is 6.54 Å². The van der Waals surface area contributed by atoms with E-state index in [2.05, 4.69) is 20.6 Å². The second-order valence-corrected chi connectivity index (χ2v) is 6.73. The Labute approximate surface area is 168 Å². The molecule has 144 valence electrons. The Morgan fingerprint density at radius 2 is 1.89 bits per heavy atom. The number of halogens is 1. The number of carbonyl (C=O) groups excluding carboxylic acids is 1. The normalized spacial score (nSPS) is 10.4. The van der Waals surface area contributed by atoms with Crippen LogP contribution in [0.15, 0.2) is 48.5 Å². The van der Waals surface area contributed by atoms with Crippen molar-refractivity contribution in [2.24, 2.45) is 0 Å². The van der Waals surface area contributed by atoms with Crippen LogP contribution in [0.5, 0.6) is 5.75 Å². The van der Waals surface area contributed by atoms with Gasteiger partial charge in [-0.05, 0) is 49.2 Å². The molecule has 0 aliphatic rings. The lowest BCUT2D eigenvalue weighted by Gasteiger charge is -2.12. The molecule has 28 heavy (non-hydrogen) atoms. The number of hydrogen-bond donors (Lipinski definition) is 2. The van der Waals surface area contributed by atoms with E-state index in [1.54, 1.807) is 13.2 Å². The second-order valence-electron chi connectivity index (χ2n) is 6.32. The van der Waals surface area contributed by atoms with E-state index in [1.165, 1.54) is 0 Å². The SMILES string of the molecule is COc1ccc(C)cc1NC(=O)c1cc(C)nc(NCc2ccccc2Cl)n1. The maximum Gasteiger partial charge on any atom is 0.274 e. The molecule has 0 unspecified atom stereocenters. The summed E-state index contributed by atoms with van der Waals surface area (Å²) in [5, 5.41) is 6.63. The Balaban J connectivity index is 1.78. The third-order valence-corrected chi connectivity index (χ3v) is 4.45. The molecule has 0 aliphatic carbocycles. The van der Waals surface area contributed by atoms with Crippen molar-refractivity contribution < 1.29 is 9.53 Å². The Bertz CT molecular complexity index is 1010. The van der Waals surface area contributed by atoms with Gasteiger partial charge in [0, 0.05) is 17.3 Å². The molecule has 1 aromatic heterocycles. The zero-order valence-corrected chi connectivity index (χ0v) is 16.7. The zero-order valence-electron chi connectivity index (χ0n) is 15.9. The van der Waals surface area contributed by atoms with E-state index in [9.17, 15) is 4.79 Å². The number of amides is 1. The molecule has 7 heteroatoms. The smallest absolute Gasteiger partial charge is 0.274 e. The van der Waals surface area contributed by atoms with Crippen molar-refractivity contribution in [2.75, 3.05) is 17.7 Å². The van der Waals surface area contributed by atoms with Crippen LogP contribution in [0.3, 0.4) is 0 Å². The minimum absolute atomic E-state index is 0.262. The number of aromatic nitrogens is 2. The summed E-state index contributed by atoms with van der Waals surface area (Å²) in [6.07, 6.45) is 0. The number of carbonyl (C=O) groups is 1. The van der Waals surface area contributed by atoms with Crippen molar-refractivity contribution in [3.05, 3.63) is 76.1 Å². The van der Waals surface area contributed by atoms with Crippen molar-refractivity contribution in [2.45, 2.75) is 20.4 Å². The molecule has 6 nitrogen and oxygen atoms in total. The van der Waals surface area contributed by atoms with Gasteiger partial charge in [-0.3, -0.25) is 4.79 Å². The number of ether oxygens (including phenoxy) is 1. The second kappa shape index (κ2) is 8.71. The fraction of sp³-hybridized carbons (Fsp3) is 0.190. The number of anilines is 2. The topological polar surface area (TPSA) is 76.1 Å². The number of hydrogen-bond acceptors (Lipinski definition) is 5. The van der Waals surface area contributed by atoms with E-state index in [1.807, 2.05) is 56.3 Å². The summed E-state index contributed by atoms with van der Waals surface area (Å²) >= 11 is 6.18. The highest BCUT2D eigenvalue weighted by Gasteiger charge is 2.14. The highest BCUT2D eigenvalue weighted by molar-refractivity contribution is 6.31. The van der Waals surface area contributed by atoms with Gasteiger partial charge in [-0.15, -0.1) is 0 Å². The van der Waals surface area contributed by atoms with Crippen molar-refractivity contribution in [1.29, 1.82) is 0 Å². The standard InChI is InChI=1S/C21H21ClN4O2/c1-13-8-9-19(28-3)17(10-13)25-20(27)18-11-14(2)24-21(26-18)23-12-15-6-4-5-7-16(15)22/h4-11H,12H2,1-3H3,(H,25,27)(H,23,24,26). The zero-order chi connectivity index (χ0) is 20.1. The molecule has 0 spiro atoms. The van der Waals surface area contributed by atoms with E-state index in [0.717, 1.165) is 11.1 Å². The van der Waals surface area contributed by atoms with Gasteiger partial charge in [0.15, 0.2) is 0 Å². The summed E-state index contributed by atoms with van der Waals surface area (Å²) < 4.78 is 5.31. The maximum atomic E-state index is 12.7. The molecule has 0 saturated carbocycles. The van der Waals surface area contributed by atoms with Crippen LogP contribution in [-0.4, -0.2) is 23.0 Å². The van der Waals surface area contributed by atoms with E-state index >= 15 is 0 Å². The molecule has 0 fully saturated rings. The monoisotopic (exact) mass is 396 g/mol. The van der Waals surface area contributed by atoms with E-state index < -0.39 is 0 Å². The molecule has 2 N–H and O–H groups in total. The molecule has 0 radical (unpaired) electrons. The predicted molar refractivity (Wildman–Crippen MR) is 111 cm³/mol. The molecule has 0 atom stereocenters. The number of nitrogens with one attached hydrogen (secondary N) is 2. The number of rotatable bonds is 6. The predicted octanol–water partition coefficient (Wildman–Crippen LogP) is 4.62. The number of benzene rings is 2. The fourth-order valence-corrected chi connectivity index (χ4v) is 2.89. The first-order valence-electron chi connectivity index (χ1n) is 8.75. The molecule has 3 aromatic rings. The van der Waals surface area contributed by atoms with Crippen molar-refractivity contribution in [3.63, 3.8) is 0 Å². The summed E-state index contributed by atoms with van der Waals surface area (Å²) in [7, 11) is 1.56. The van der Waals surface area contributed by atoms with Gasteiger partial charge in [0.05, 0.1) is 12.8 Å². The fourth-order valence-electron chi connectivity index (χ4n) is 2.69. The first kappa shape index (κ1) is 19.6. The summed E-state index contributed by atoms with van der Waals surface area (Å²) in [5.41, 5.74) is 3.46. The Morgan fingerprint density at radius 3 is 2.64 bits per heavy atom. The summed E-state index contributed by atoms with van der Waals surface area (Å²) in [6.45, 7) is 4.21. The van der Waals surface area contributed by atoms with Gasteiger partial charge in [0.1, 0.15) is 11.4 Å². The molecule has 0 bridgehead atoms. The van der Waals surface area contributed by atoms with Gasteiger partial charge in [0.2, 0.25) is 5.95 Å². The minimum atomic E-state index is -0.338. The summed E-state index contributed by atoms with van der Waals surface area (Å²) in [4.78, 5) is 21.4. The van der Waals surface area contributed by atoms with Crippen LogP contribution in [0.4, 0.5) is 11.6 Å². The average molecular weight is 397 g/mol. The molecular formula is C21H21ClN4O2. The van der Waals surface area contributed by atoms with Gasteiger partial charge in [-0.1, -0.05) is 35.9 Å². The first-order valence-corrected chi connectivity index (χ1v) is 9.13. The first-order chi connectivity index (χ1) is 13.5. The maximum absolute atomic E-state index is 12.7. The van der Waals surface area contributed by atoms with Gasteiger partial charge in [-0.2, -0.15) is 0 Å². The van der Waals surface area contributed by atoms with E-state index in [4.69, 9.17) is 16.3 Å². The van der Waals surface area contributed by atoms with Crippen LogP contribution in [0, 0.1) is 13.8 Å². The van der Waals surface area contributed by atoms with Crippen LogP contribution in [0.25, 0.3) is 0 Å². The van der Waals surface area contributed by atoms with Crippen LogP contribution in [0.1, 0.15) is 27.3 Å². The van der Waals surface area contributed by atoms with Crippen molar-refractivity contribution in [3.8, 4) is 5.75 Å². The Hall–Kier alpha value is -3.12. The third-order valence-electron chi connectivity index (χ3n) is 4.08. The molecular weight excluding hydrogens is 376 g/mol. The van der Waals surface area contributed by atoms with Crippen molar-refractivity contribution >= 4 is 29.1 Å². The third kappa shape index (κ3) is 4.78. The minimum Gasteiger partial charge on any atom is -0.495 e. The highest BCUT2D eigenvalue weighted by atomic mass is 35.5. The number of methoxy groups -OCH3 is 1. The van der Waals surface area contributed by atoms with E-state index in [0.29, 0.717) is 34.6 Å². The molecule has 2 aromatic carbocycles. The van der Waals surface area contributed by atoms with Crippen molar-refractivity contribution in [1.82, 2.24) is 9.97 Å². The van der Waals surface area contributed by atoms with Gasteiger partial charge in [0.25, 0.3) is 5.91 Å². The Morgan fingerprint density at radius 1 is 1.11 bits per heavy atom. The number of nitrogens with zero attached hydrogens (tertiary/aromatic N) is 2. The van der Waals surface area contributed by atoms with E-state index in [-0.39, 0.29) is 11.6 Å². The largest absolute Gasteiger partial charge is 0.495 e. The summed E-state index contributed by atoms with van der Waals surface area (Å²) in [6, 6.07) is 14.7. The molecule has 3 rings (SSSR count). The lowest BCUT2D eigenvalue weighted by molar-refractivity contribution is 0.102. The van der Waals surface area contributed by atoms with Gasteiger partial charge in [-0.25, -0.2) is 9.97 Å². The van der Waals surface area contributed by atoms with Gasteiger partial charge < -0.3 is 15.4 Å². The highest BCUT2D eigenvalue weighted by Crippen LogP contribution is 2.25. The van der Waals surface area contributed by atoms with Gasteiger partial charge >= 0.3 is 0 Å². The molecule has 0 aliphatic heterocycles. The molecule has 0 saturated heterocycles. The lowest BCUT2D eigenvalue weighted by Crippen LogP contribution is -2.16. The average Bonchev–Trinajstić information content (AvgIpc) is 2.67. The molecule has 1 heterocycles. The quantitative estimate of drug-likeness (QED) is 0.635. The van der Waals surface area contributed by atoms with Crippen LogP contribution < -0.4 is 15.4 Å². The van der Waals surface area contributed by atoms with Crippen LogP contribution in [0.2, 0.25) is 5.02 Å². The lowest BCUT2D eigenvalue weighted by atomic mass is 10.2. The molecule has 1 amide bonds. The Kier molecular flexibility index (Phi) is 6.11. The van der Waals surface area contributed by atoms with Crippen LogP contribution >= 0.6 is 11.6 Å². The summed E-state index contributed by atoms with van der Waals surface area (Å²) in [5.74, 6) is 0.610. The number of aryl methyl sites for hydroxylation is 2.